The Balaban J connectivity index is 1.75. The summed E-state index contributed by atoms with van der Waals surface area (Å²) < 4.78 is 27.3. The molecule has 1 aliphatic heterocycles. The molecular formula is C26H35F2N3O3. The average molecular weight is 476 g/mol. The number of rotatable bonds is 10. The van der Waals surface area contributed by atoms with Gasteiger partial charge in [-0.05, 0) is 53.6 Å². The smallest absolute Gasteiger partial charge is 0.217 e. The van der Waals surface area contributed by atoms with E-state index in [0.29, 0.717) is 18.0 Å². The number of hydrogen-bond acceptors (Lipinski definition) is 5. The van der Waals surface area contributed by atoms with E-state index in [1.165, 1.54) is 24.6 Å². The van der Waals surface area contributed by atoms with Crippen LogP contribution in [0.15, 0.2) is 36.4 Å². The number of halogens is 2. The van der Waals surface area contributed by atoms with Gasteiger partial charge in [-0.25, -0.2) is 8.78 Å². The van der Waals surface area contributed by atoms with Gasteiger partial charge in [0, 0.05) is 44.4 Å². The van der Waals surface area contributed by atoms with Crippen molar-refractivity contribution < 1.29 is 23.8 Å². The Hall–Kier alpha value is -2.55. The van der Waals surface area contributed by atoms with Crippen LogP contribution < -0.4 is 15.5 Å². The number of carbonyl (C=O) groups is 1. The Bertz CT molecular complexity index is 966. The topological polar surface area (TPSA) is 84.8 Å². The molecule has 186 valence electrons. The van der Waals surface area contributed by atoms with E-state index in [9.17, 15) is 23.8 Å². The molecule has 0 saturated carbocycles. The SMILES string of the molecule is CC(=O)N[C@@H](Cc1cc(F)cc(F)c1)[C@H](O)CN[C@H]1CCN(CCO)c2ccc(C(C)C)cc21. The molecule has 1 heterocycles. The Labute approximate surface area is 200 Å². The molecule has 4 N–H and O–H groups in total. The van der Waals surface area contributed by atoms with Gasteiger partial charge in [0.2, 0.25) is 5.91 Å². The summed E-state index contributed by atoms with van der Waals surface area (Å²) in [6.45, 7) is 7.20. The Morgan fingerprint density at radius 3 is 2.50 bits per heavy atom. The van der Waals surface area contributed by atoms with Crippen LogP contribution in [0.4, 0.5) is 14.5 Å². The number of aliphatic hydroxyl groups excluding tert-OH is 2. The van der Waals surface area contributed by atoms with E-state index in [2.05, 4.69) is 47.6 Å². The van der Waals surface area contributed by atoms with Crippen LogP contribution >= 0.6 is 0 Å². The Morgan fingerprint density at radius 2 is 1.88 bits per heavy atom. The van der Waals surface area contributed by atoms with Gasteiger partial charge in [0.05, 0.1) is 18.8 Å². The van der Waals surface area contributed by atoms with E-state index in [-0.39, 0.29) is 31.5 Å². The van der Waals surface area contributed by atoms with E-state index in [4.69, 9.17) is 0 Å². The minimum absolute atomic E-state index is 0.0112. The minimum Gasteiger partial charge on any atom is -0.395 e. The second-order valence-corrected chi connectivity index (χ2v) is 9.29. The van der Waals surface area contributed by atoms with Crippen molar-refractivity contribution in [2.24, 2.45) is 0 Å². The standard InChI is InChI=1S/C26H35F2N3O3/c1-16(2)19-4-5-25-22(13-19)23(6-7-31(25)8-9-32)29-15-26(34)24(30-17(3)33)12-18-10-20(27)14-21(28)11-18/h4-5,10-11,13-14,16,23-24,26,29,32,34H,6-9,12,15H2,1-3H3,(H,30,33)/t23-,24-,26+/m0/s1. The highest BCUT2D eigenvalue weighted by atomic mass is 19.1. The minimum atomic E-state index is -0.970. The third-order valence-electron chi connectivity index (χ3n) is 6.30. The fourth-order valence-electron chi connectivity index (χ4n) is 4.56. The molecule has 0 radical (unpaired) electrons. The number of nitrogens with one attached hydrogen (secondary N) is 2. The van der Waals surface area contributed by atoms with Crippen LogP contribution in [-0.4, -0.2) is 54.5 Å². The number of benzene rings is 2. The van der Waals surface area contributed by atoms with Gasteiger partial charge in [-0.15, -0.1) is 0 Å². The molecule has 0 bridgehead atoms. The number of nitrogens with zero attached hydrogens (tertiary/aromatic N) is 1. The highest BCUT2D eigenvalue weighted by Gasteiger charge is 2.28. The third-order valence-corrected chi connectivity index (χ3v) is 6.30. The highest BCUT2D eigenvalue weighted by molar-refractivity contribution is 5.73. The van der Waals surface area contributed by atoms with Crippen LogP contribution in [0.5, 0.6) is 0 Å². The largest absolute Gasteiger partial charge is 0.395 e. The van der Waals surface area contributed by atoms with E-state index < -0.39 is 23.8 Å². The summed E-state index contributed by atoms with van der Waals surface area (Å²) in [5.74, 6) is -1.36. The first-order valence-electron chi connectivity index (χ1n) is 11.8. The molecule has 0 fully saturated rings. The normalized spacial score (nSPS) is 17.4. The van der Waals surface area contributed by atoms with Crippen LogP contribution in [0.2, 0.25) is 0 Å². The Morgan fingerprint density at radius 1 is 1.18 bits per heavy atom. The number of hydrogen-bond donors (Lipinski definition) is 4. The van der Waals surface area contributed by atoms with Gasteiger partial charge in [0.25, 0.3) is 0 Å². The quantitative estimate of drug-likeness (QED) is 0.425. The van der Waals surface area contributed by atoms with Crippen molar-refractivity contribution in [1.82, 2.24) is 10.6 Å². The summed E-state index contributed by atoms with van der Waals surface area (Å²) in [7, 11) is 0. The van der Waals surface area contributed by atoms with Crippen molar-refractivity contribution >= 4 is 11.6 Å². The maximum atomic E-state index is 13.6. The molecule has 0 spiro atoms. The number of β-amino-alcohol motifs (C(OH)–C–C–N with tert-alkyl or cyclic N) is 1. The summed E-state index contributed by atoms with van der Waals surface area (Å²) in [6, 6.07) is 8.86. The first kappa shape index (κ1) is 26.1. The van der Waals surface area contributed by atoms with Crippen molar-refractivity contribution in [1.29, 1.82) is 0 Å². The lowest BCUT2D eigenvalue weighted by atomic mass is 9.91. The van der Waals surface area contributed by atoms with Crippen LogP contribution in [0.1, 0.15) is 55.8 Å². The second kappa shape index (κ2) is 11.7. The molecule has 34 heavy (non-hydrogen) atoms. The molecule has 0 unspecified atom stereocenters. The van der Waals surface area contributed by atoms with Gasteiger partial charge in [-0.1, -0.05) is 26.0 Å². The molecule has 1 aliphatic rings. The van der Waals surface area contributed by atoms with Crippen molar-refractivity contribution in [3.05, 3.63) is 64.7 Å². The lowest BCUT2D eigenvalue weighted by Crippen LogP contribution is -2.49. The van der Waals surface area contributed by atoms with Crippen molar-refractivity contribution in [3.63, 3.8) is 0 Å². The molecule has 6 nitrogen and oxygen atoms in total. The summed E-state index contributed by atoms with van der Waals surface area (Å²) >= 11 is 0. The fraction of sp³-hybridized carbons (Fsp3) is 0.500. The second-order valence-electron chi connectivity index (χ2n) is 9.29. The lowest BCUT2D eigenvalue weighted by Gasteiger charge is -2.37. The van der Waals surface area contributed by atoms with E-state index in [1.807, 2.05) is 0 Å². The monoisotopic (exact) mass is 475 g/mol. The van der Waals surface area contributed by atoms with Crippen molar-refractivity contribution in [2.75, 3.05) is 31.1 Å². The molecule has 2 aromatic rings. The van der Waals surface area contributed by atoms with E-state index in [0.717, 1.165) is 30.3 Å². The van der Waals surface area contributed by atoms with Gasteiger partial charge in [-0.2, -0.15) is 0 Å². The van der Waals surface area contributed by atoms with Crippen LogP contribution in [0, 0.1) is 11.6 Å². The van der Waals surface area contributed by atoms with Gasteiger partial charge < -0.3 is 25.7 Å². The number of anilines is 1. The summed E-state index contributed by atoms with van der Waals surface area (Å²) in [6.07, 6.45) is -0.0798. The number of carbonyl (C=O) groups excluding carboxylic acids is 1. The van der Waals surface area contributed by atoms with Crippen LogP contribution in [0.25, 0.3) is 0 Å². The average Bonchev–Trinajstić information content (AvgIpc) is 2.76. The van der Waals surface area contributed by atoms with Crippen LogP contribution in [0.3, 0.4) is 0 Å². The first-order valence-corrected chi connectivity index (χ1v) is 11.8. The molecule has 0 aliphatic carbocycles. The molecule has 0 aromatic heterocycles. The van der Waals surface area contributed by atoms with Gasteiger partial charge in [0.1, 0.15) is 11.6 Å². The summed E-state index contributed by atoms with van der Waals surface area (Å²) in [4.78, 5) is 13.9. The zero-order chi connectivity index (χ0) is 24.8. The fourth-order valence-corrected chi connectivity index (χ4v) is 4.56. The zero-order valence-corrected chi connectivity index (χ0v) is 20.0. The lowest BCUT2D eigenvalue weighted by molar-refractivity contribution is -0.120. The van der Waals surface area contributed by atoms with Crippen molar-refractivity contribution in [3.8, 4) is 0 Å². The first-order chi connectivity index (χ1) is 16.2. The van der Waals surface area contributed by atoms with Crippen LogP contribution in [-0.2, 0) is 11.2 Å². The Kier molecular flexibility index (Phi) is 8.99. The maximum Gasteiger partial charge on any atom is 0.217 e. The molecule has 0 saturated heterocycles. The summed E-state index contributed by atoms with van der Waals surface area (Å²) in [5.41, 5.74) is 3.74. The van der Waals surface area contributed by atoms with E-state index >= 15 is 0 Å². The highest BCUT2D eigenvalue weighted by Crippen LogP contribution is 2.35. The third kappa shape index (κ3) is 6.74. The zero-order valence-electron chi connectivity index (χ0n) is 20.0. The molecule has 8 heteroatoms. The molecule has 3 atom stereocenters. The van der Waals surface area contributed by atoms with E-state index in [1.54, 1.807) is 0 Å². The predicted octanol–water partition coefficient (Wildman–Crippen LogP) is 3.03. The van der Waals surface area contributed by atoms with Gasteiger partial charge in [-0.3, -0.25) is 4.79 Å². The molecule has 2 aromatic carbocycles. The maximum absolute atomic E-state index is 13.6. The van der Waals surface area contributed by atoms with Gasteiger partial charge >= 0.3 is 0 Å². The van der Waals surface area contributed by atoms with Crippen molar-refractivity contribution in [2.45, 2.75) is 57.7 Å². The summed E-state index contributed by atoms with van der Waals surface area (Å²) in [5, 5.41) is 26.5. The molecule has 3 rings (SSSR count). The van der Waals surface area contributed by atoms with Gasteiger partial charge in [0.15, 0.2) is 0 Å². The number of aliphatic hydroxyl groups is 2. The number of fused-ring (bicyclic) bond motifs is 1. The molecular weight excluding hydrogens is 440 g/mol. The molecule has 1 amide bonds. The number of amides is 1. The predicted molar refractivity (Wildman–Crippen MR) is 129 cm³/mol.